The fourth-order valence-corrected chi connectivity index (χ4v) is 3.38. The Hall–Kier alpha value is -4.66. The number of aromatic nitrogens is 7. The number of para-hydroxylation sites is 1. The number of hydrogen-bond acceptors (Lipinski definition) is 6. The molecule has 3 heterocycles. The highest BCUT2D eigenvalue weighted by Crippen LogP contribution is 2.25. The first-order valence-electron chi connectivity index (χ1n) is 9.89. The fourth-order valence-electron chi connectivity index (χ4n) is 3.38. The first-order chi connectivity index (χ1) is 15.7. The number of pyridine rings is 1. The molecule has 0 aliphatic rings. The van der Waals surface area contributed by atoms with E-state index in [4.69, 9.17) is 0 Å². The molecule has 1 N–H and O–H groups in total. The lowest BCUT2D eigenvalue weighted by Gasteiger charge is -2.07. The number of carbonyl (C=O) groups excluding carboxylic acids is 1. The zero-order chi connectivity index (χ0) is 21.9. The summed E-state index contributed by atoms with van der Waals surface area (Å²) < 4.78 is 3.27. The van der Waals surface area contributed by atoms with E-state index in [1.165, 1.54) is 0 Å². The third kappa shape index (κ3) is 3.74. The Bertz CT molecular complexity index is 1380. The van der Waals surface area contributed by atoms with Crippen LogP contribution in [0.4, 0.5) is 5.69 Å². The van der Waals surface area contributed by atoms with E-state index in [0.717, 1.165) is 16.8 Å². The van der Waals surface area contributed by atoms with Gasteiger partial charge in [0.25, 0.3) is 5.91 Å². The van der Waals surface area contributed by atoms with Gasteiger partial charge in [-0.2, -0.15) is 5.10 Å². The van der Waals surface area contributed by atoms with Crippen LogP contribution in [0.3, 0.4) is 0 Å². The van der Waals surface area contributed by atoms with Gasteiger partial charge < -0.3 is 5.32 Å². The number of nitrogens with zero attached hydrogens (tertiary/aromatic N) is 7. The van der Waals surface area contributed by atoms with Crippen LogP contribution in [0, 0.1) is 0 Å². The maximum Gasteiger partial charge on any atom is 0.259 e. The maximum absolute atomic E-state index is 13.3. The monoisotopic (exact) mass is 422 g/mol. The number of rotatable bonds is 5. The standard InChI is InChI=1S/C23H18N8O/c1-30-22(26-28-29-30)16-7-5-9-18(13-16)25-23(32)20-15-31(19-10-3-2-4-11-19)27-21(20)17-8-6-12-24-14-17/h2-15H,1H3,(H,25,32). The lowest BCUT2D eigenvalue weighted by molar-refractivity contribution is 0.102. The van der Waals surface area contributed by atoms with Gasteiger partial charge in [-0.25, -0.2) is 9.36 Å². The molecule has 5 aromatic rings. The van der Waals surface area contributed by atoms with Crippen molar-refractivity contribution in [3.63, 3.8) is 0 Å². The lowest BCUT2D eigenvalue weighted by Crippen LogP contribution is -2.12. The van der Waals surface area contributed by atoms with Gasteiger partial charge in [0.05, 0.1) is 11.3 Å². The Labute approximate surface area is 183 Å². The van der Waals surface area contributed by atoms with Crippen molar-refractivity contribution in [2.75, 3.05) is 5.32 Å². The van der Waals surface area contributed by atoms with E-state index < -0.39 is 0 Å². The van der Waals surface area contributed by atoms with Crippen molar-refractivity contribution in [2.45, 2.75) is 0 Å². The molecule has 0 bridgehead atoms. The van der Waals surface area contributed by atoms with Crippen LogP contribution in [0.1, 0.15) is 10.4 Å². The topological polar surface area (TPSA) is 103 Å². The summed E-state index contributed by atoms with van der Waals surface area (Å²) in [6, 6.07) is 20.7. The second-order valence-electron chi connectivity index (χ2n) is 7.07. The third-order valence-electron chi connectivity index (χ3n) is 4.91. The quantitative estimate of drug-likeness (QED) is 0.466. The number of benzene rings is 2. The summed E-state index contributed by atoms with van der Waals surface area (Å²) in [6.45, 7) is 0. The number of nitrogens with one attached hydrogen (secondary N) is 1. The van der Waals surface area contributed by atoms with E-state index in [0.29, 0.717) is 22.8 Å². The Morgan fingerprint density at radius 3 is 2.56 bits per heavy atom. The number of amides is 1. The van der Waals surface area contributed by atoms with Gasteiger partial charge >= 0.3 is 0 Å². The summed E-state index contributed by atoms with van der Waals surface area (Å²) in [7, 11) is 1.76. The fraction of sp³-hybridized carbons (Fsp3) is 0.0435. The van der Waals surface area contributed by atoms with E-state index in [-0.39, 0.29) is 5.91 Å². The summed E-state index contributed by atoms with van der Waals surface area (Å²) in [5, 5.41) is 19.2. The molecule has 0 aliphatic heterocycles. The van der Waals surface area contributed by atoms with E-state index in [2.05, 4.69) is 30.9 Å². The predicted octanol–water partition coefficient (Wildman–Crippen LogP) is 3.38. The summed E-state index contributed by atoms with van der Waals surface area (Å²) in [4.78, 5) is 17.5. The van der Waals surface area contributed by atoms with Crippen LogP contribution in [-0.2, 0) is 7.05 Å². The summed E-state index contributed by atoms with van der Waals surface area (Å²) >= 11 is 0. The Morgan fingerprint density at radius 1 is 0.969 bits per heavy atom. The van der Waals surface area contributed by atoms with Gasteiger partial charge in [-0.1, -0.05) is 30.3 Å². The van der Waals surface area contributed by atoms with Crippen LogP contribution in [0.15, 0.2) is 85.3 Å². The molecule has 0 unspecified atom stereocenters. The Balaban J connectivity index is 1.51. The highest BCUT2D eigenvalue weighted by atomic mass is 16.1. The number of carbonyl (C=O) groups is 1. The smallest absolute Gasteiger partial charge is 0.259 e. The van der Waals surface area contributed by atoms with Crippen molar-refractivity contribution in [1.82, 2.24) is 35.0 Å². The van der Waals surface area contributed by atoms with Gasteiger partial charge in [0.1, 0.15) is 5.69 Å². The SMILES string of the molecule is Cn1nnnc1-c1cccc(NC(=O)c2cn(-c3ccccc3)nc2-c2cccnc2)c1. The zero-order valence-electron chi connectivity index (χ0n) is 17.1. The van der Waals surface area contributed by atoms with Crippen molar-refractivity contribution in [2.24, 2.45) is 7.05 Å². The van der Waals surface area contributed by atoms with Crippen molar-refractivity contribution in [3.8, 4) is 28.3 Å². The molecule has 0 radical (unpaired) electrons. The average molecular weight is 422 g/mol. The first-order valence-corrected chi connectivity index (χ1v) is 9.89. The maximum atomic E-state index is 13.3. The van der Waals surface area contributed by atoms with Gasteiger partial charge in [-0.3, -0.25) is 9.78 Å². The van der Waals surface area contributed by atoms with Crippen LogP contribution in [0.2, 0.25) is 0 Å². The molecule has 2 aromatic carbocycles. The molecule has 0 spiro atoms. The molecule has 0 atom stereocenters. The second-order valence-corrected chi connectivity index (χ2v) is 7.07. The minimum atomic E-state index is -0.278. The Kier molecular flexibility index (Phi) is 4.97. The number of hydrogen-bond donors (Lipinski definition) is 1. The van der Waals surface area contributed by atoms with Crippen LogP contribution in [0.25, 0.3) is 28.3 Å². The zero-order valence-corrected chi connectivity index (χ0v) is 17.1. The van der Waals surface area contributed by atoms with Crippen molar-refractivity contribution < 1.29 is 4.79 Å². The van der Waals surface area contributed by atoms with Gasteiger partial charge in [0, 0.05) is 42.5 Å². The minimum absolute atomic E-state index is 0.278. The van der Waals surface area contributed by atoms with Gasteiger partial charge in [0.2, 0.25) is 0 Å². The first kappa shape index (κ1) is 19.3. The summed E-state index contributed by atoms with van der Waals surface area (Å²) in [6.07, 6.45) is 5.10. The number of aryl methyl sites for hydroxylation is 1. The summed E-state index contributed by atoms with van der Waals surface area (Å²) in [5.74, 6) is 0.327. The van der Waals surface area contributed by atoms with Crippen LogP contribution in [0.5, 0.6) is 0 Å². The van der Waals surface area contributed by atoms with Crippen molar-refractivity contribution in [1.29, 1.82) is 0 Å². The third-order valence-corrected chi connectivity index (χ3v) is 4.91. The molecule has 156 valence electrons. The average Bonchev–Trinajstić information content (AvgIpc) is 3.47. The van der Waals surface area contributed by atoms with E-state index in [9.17, 15) is 4.79 Å². The molecule has 0 fully saturated rings. The number of tetrazole rings is 1. The van der Waals surface area contributed by atoms with E-state index >= 15 is 0 Å². The molecule has 0 aliphatic carbocycles. The molecule has 5 rings (SSSR count). The van der Waals surface area contributed by atoms with E-state index in [1.807, 2.05) is 66.7 Å². The van der Waals surface area contributed by atoms with Crippen molar-refractivity contribution >= 4 is 11.6 Å². The lowest BCUT2D eigenvalue weighted by atomic mass is 10.1. The van der Waals surface area contributed by atoms with Gasteiger partial charge in [-0.15, -0.1) is 5.10 Å². The van der Waals surface area contributed by atoms with Crippen LogP contribution < -0.4 is 5.32 Å². The summed E-state index contributed by atoms with van der Waals surface area (Å²) in [5.41, 5.74) is 4.02. The molecule has 0 saturated carbocycles. The minimum Gasteiger partial charge on any atom is -0.322 e. The Morgan fingerprint density at radius 2 is 1.81 bits per heavy atom. The molecular weight excluding hydrogens is 404 g/mol. The highest BCUT2D eigenvalue weighted by molar-refractivity contribution is 6.08. The largest absolute Gasteiger partial charge is 0.322 e. The van der Waals surface area contributed by atoms with Crippen molar-refractivity contribution in [3.05, 3.63) is 90.9 Å². The molecule has 9 nitrogen and oxygen atoms in total. The van der Waals surface area contributed by atoms with Gasteiger partial charge in [0.15, 0.2) is 5.82 Å². The predicted molar refractivity (Wildman–Crippen MR) is 119 cm³/mol. The van der Waals surface area contributed by atoms with Crippen LogP contribution >= 0.6 is 0 Å². The highest BCUT2D eigenvalue weighted by Gasteiger charge is 2.19. The number of anilines is 1. The van der Waals surface area contributed by atoms with Gasteiger partial charge in [-0.05, 0) is 46.8 Å². The second kappa shape index (κ2) is 8.23. The molecule has 9 heteroatoms. The molecule has 32 heavy (non-hydrogen) atoms. The molecular formula is C23H18N8O. The normalized spacial score (nSPS) is 10.8. The molecule has 3 aromatic heterocycles. The molecule has 1 amide bonds. The van der Waals surface area contributed by atoms with Crippen LogP contribution in [-0.4, -0.2) is 40.9 Å². The molecule has 0 saturated heterocycles. The van der Waals surface area contributed by atoms with E-state index in [1.54, 1.807) is 35.0 Å².